The second kappa shape index (κ2) is 7.89. The molecule has 2 heterocycles. The molecule has 4 aromatic rings. The highest BCUT2D eigenvalue weighted by Crippen LogP contribution is 2.35. The molecule has 4 rings (SSSR count). The van der Waals surface area contributed by atoms with E-state index >= 15 is 0 Å². The molecule has 0 unspecified atom stereocenters. The molecule has 1 amide bonds. The number of rotatable bonds is 4. The average molecular weight is 423 g/mol. The van der Waals surface area contributed by atoms with Gasteiger partial charge in [-0.15, -0.1) is 11.8 Å². The average Bonchev–Trinajstić information content (AvgIpc) is 3.10. The summed E-state index contributed by atoms with van der Waals surface area (Å²) >= 11 is 7.65. The number of benzene rings is 2. The zero-order valence-corrected chi connectivity index (χ0v) is 17.8. The van der Waals surface area contributed by atoms with Gasteiger partial charge in [-0.25, -0.2) is 9.50 Å². The highest BCUT2D eigenvalue weighted by Gasteiger charge is 2.17. The van der Waals surface area contributed by atoms with Gasteiger partial charge in [0, 0.05) is 34.8 Å². The van der Waals surface area contributed by atoms with Gasteiger partial charge in [0.2, 0.25) is 5.91 Å². The van der Waals surface area contributed by atoms with Gasteiger partial charge in [0.25, 0.3) is 0 Å². The van der Waals surface area contributed by atoms with Crippen LogP contribution < -0.4 is 5.32 Å². The largest absolute Gasteiger partial charge is 0.326 e. The van der Waals surface area contributed by atoms with E-state index in [0.717, 1.165) is 44.4 Å². The van der Waals surface area contributed by atoms with Crippen LogP contribution in [0.1, 0.15) is 12.6 Å². The lowest BCUT2D eigenvalue weighted by Crippen LogP contribution is -2.06. The summed E-state index contributed by atoms with van der Waals surface area (Å²) in [5.74, 6) is -0.104. The molecule has 146 valence electrons. The zero-order valence-electron chi connectivity index (χ0n) is 16.2. The molecule has 0 saturated heterocycles. The number of halogens is 1. The lowest BCUT2D eigenvalue weighted by atomic mass is 10.1. The van der Waals surface area contributed by atoms with Gasteiger partial charge in [-0.3, -0.25) is 4.79 Å². The van der Waals surface area contributed by atoms with Crippen LogP contribution in [0.2, 0.25) is 5.02 Å². The maximum absolute atomic E-state index is 11.5. The van der Waals surface area contributed by atoms with E-state index in [1.54, 1.807) is 11.8 Å². The van der Waals surface area contributed by atoms with Crippen molar-refractivity contribution in [2.75, 3.05) is 11.6 Å². The first kappa shape index (κ1) is 19.5. The molecule has 0 bridgehead atoms. The molecule has 5 nitrogen and oxygen atoms in total. The molecule has 2 aromatic carbocycles. The number of aryl methyl sites for hydroxylation is 1. The summed E-state index contributed by atoms with van der Waals surface area (Å²) < 4.78 is 1.87. The van der Waals surface area contributed by atoms with E-state index in [4.69, 9.17) is 21.7 Å². The Morgan fingerprint density at radius 3 is 2.55 bits per heavy atom. The van der Waals surface area contributed by atoms with Gasteiger partial charge in [0.05, 0.1) is 22.0 Å². The normalized spacial score (nSPS) is 11.0. The second-order valence-electron chi connectivity index (χ2n) is 6.65. The van der Waals surface area contributed by atoms with Crippen molar-refractivity contribution in [2.45, 2.75) is 18.7 Å². The van der Waals surface area contributed by atoms with Crippen molar-refractivity contribution >= 4 is 40.6 Å². The van der Waals surface area contributed by atoms with Crippen LogP contribution in [0.25, 0.3) is 28.2 Å². The number of aromatic nitrogens is 3. The number of nitrogens with one attached hydrogen (secondary N) is 1. The van der Waals surface area contributed by atoms with Crippen LogP contribution in [-0.2, 0) is 4.79 Å². The Hall–Kier alpha value is -2.83. The van der Waals surface area contributed by atoms with Gasteiger partial charge in [-0.05, 0) is 37.4 Å². The SMILES string of the molecule is CSc1c(C)nc2cc(-c3ccc(Cl)cc3)nn2c1-c1cccc(NC(C)=O)c1. The van der Waals surface area contributed by atoms with E-state index in [-0.39, 0.29) is 5.91 Å². The monoisotopic (exact) mass is 422 g/mol. The van der Waals surface area contributed by atoms with Crippen LogP contribution in [0.5, 0.6) is 0 Å². The predicted octanol–water partition coefficient (Wildman–Crippen LogP) is 5.71. The van der Waals surface area contributed by atoms with Crippen molar-refractivity contribution in [3.8, 4) is 22.5 Å². The number of carbonyl (C=O) groups is 1. The van der Waals surface area contributed by atoms with Crippen molar-refractivity contribution in [1.82, 2.24) is 14.6 Å². The molecule has 0 aliphatic carbocycles. The van der Waals surface area contributed by atoms with E-state index < -0.39 is 0 Å². The Morgan fingerprint density at radius 2 is 1.86 bits per heavy atom. The Labute approximate surface area is 178 Å². The third-order valence-corrected chi connectivity index (χ3v) is 5.68. The molecular weight excluding hydrogens is 404 g/mol. The van der Waals surface area contributed by atoms with Crippen LogP contribution in [0.3, 0.4) is 0 Å². The van der Waals surface area contributed by atoms with Crippen molar-refractivity contribution in [1.29, 1.82) is 0 Å². The summed E-state index contributed by atoms with van der Waals surface area (Å²) in [7, 11) is 0. The van der Waals surface area contributed by atoms with Crippen molar-refractivity contribution in [3.63, 3.8) is 0 Å². The van der Waals surface area contributed by atoms with E-state index in [0.29, 0.717) is 5.02 Å². The Kier molecular flexibility index (Phi) is 5.30. The molecule has 0 atom stereocenters. The number of amides is 1. The maximum Gasteiger partial charge on any atom is 0.221 e. The summed E-state index contributed by atoms with van der Waals surface area (Å²) in [5, 5.41) is 8.37. The number of fused-ring (bicyclic) bond motifs is 1. The summed E-state index contributed by atoms with van der Waals surface area (Å²) in [6.07, 6.45) is 2.03. The molecule has 0 saturated carbocycles. The summed E-state index contributed by atoms with van der Waals surface area (Å²) in [6, 6.07) is 17.3. The second-order valence-corrected chi connectivity index (χ2v) is 7.90. The minimum atomic E-state index is -0.104. The quantitative estimate of drug-likeness (QED) is 0.428. The molecule has 0 fully saturated rings. The molecule has 0 aliphatic heterocycles. The van der Waals surface area contributed by atoms with Crippen molar-refractivity contribution in [3.05, 3.63) is 65.3 Å². The first-order valence-electron chi connectivity index (χ1n) is 9.04. The van der Waals surface area contributed by atoms with Crippen LogP contribution in [0, 0.1) is 6.92 Å². The molecule has 7 heteroatoms. The smallest absolute Gasteiger partial charge is 0.221 e. The van der Waals surface area contributed by atoms with E-state index in [9.17, 15) is 4.79 Å². The number of hydrogen-bond acceptors (Lipinski definition) is 4. The van der Waals surface area contributed by atoms with Crippen LogP contribution in [0.15, 0.2) is 59.5 Å². The molecule has 29 heavy (non-hydrogen) atoms. The lowest BCUT2D eigenvalue weighted by Gasteiger charge is -2.13. The molecule has 0 aliphatic rings. The standard InChI is InChI=1S/C22H19ClN4OS/c1-13-22(29-3)21(16-5-4-6-18(11-16)25-14(2)28)27-20(24-13)12-19(26-27)15-7-9-17(23)10-8-15/h4-12H,1-3H3,(H,25,28). The molecule has 0 radical (unpaired) electrons. The van der Waals surface area contributed by atoms with Crippen molar-refractivity contribution in [2.24, 2.45) is 0 Å². The Bertz CT molecular complexity index is 1220. The molecular formula is C22H19ClN4OS. The Morgan fingerprint density at radius 1 is 1.10 bits per heavy atom. The number of nitrogens with zero attached hydrogens (tertiary/aromatic N) is 3. The number of carbonyl (C=O) groups excluding carboxylic acids is 1. The summed E-state index contributed by atoms with van der Waals surface area (Å²) in [5.41, 5.74) is 6.16. The van der Waals surface area contributed by atoms with Crippen LogP contribution in [0.4, 0.5) is 5.69 Å². The van der Waals surface area contributed by atoms with Crippen LogP contribution in [-0.4, -0.2) is 26.8 Å². The van der Waals surface area contributed by atoms with E-state index in [1.165, 1.54) is 6.92 Å². The van der Waals surface area contributed by atoms with Crippen LogP contribution >= 0.6 is 23.4 Å². The fourth-order valence-corrected chi connectivity index (χ4v) is 4.18. The predicted molar refractivity (Wildman–Crippen MR) is 120 cm³/mol. The molecule has 0 spiro atoms. The van der Waals surface area contributed by atoms with Gasteiger partial charge in [0.1, 0.15) is 0 Å². The molecule has 2 aromatic heterocycles. The fraction of sp³-hybridized carbons (Fsp3) is 0.136. The number of anilines is 1. The topological polar surface area (TPSA) is 59.3 Å². The van der Waals surface area contributed by atoms with Gasteiger partial charge in [-0.1, -0.05) is 35.9 Å². The fourth-order valence-electron chi connectivity index (χ4n) is 3.31. The third kappa shape index (κ3) is 3.86. The maximum atomic E-state index is 11.5. The van der Waals surface area contributed by atoms with E-state index in [1.807, 2.05) is 72.3 Å². The van der Waals surface area contributed by atoms with Gasteiger partial charge < -0.3 is 5.32 Å². The van der Waals surface area contributed by atoms with Gasteiger partial charge >= 0.3 is 0 Å². The van der Waals surface area contributed by atoms with Gasteiger partial charge in [0.15, 0.2) is 5.65 Å². The highest BCUT2D eigenvalue weighted by atomic mass is 35.5. The number of hydrogen-bond donors (Lipinski definition) is 1. The highest BCUT2D eigenvalue weighted by molar-refractivity contribution is 7.98. The van der Waals surface area contributed by atoms with Gasteiger partial charge in [-0.2, -0.15) is 5.10 Å². The molecule has 1 N–H and O–H groups in total. The summed E-state index contributed by atoms with van der Waals surface area (Å²) in [4.78, 5) is 17.3. The van der Waals surface area contributed by atoms with Crippen molar-refractivity contribution < 1.29 is 4.79 Å². The zero-order chi connectivity index (χ0) is 20.5. The first-order valence-corrected chi connectivity index (χ1v) is 10.6. The minimum Gasteiger partial charge on any atom is -0.326 e. The lowest BCUT2D eigenvalue weighted by molar-refractivity contribution is -0.114. The Balaban J connectivity index is 1.94. The van der Waals surface area contributed by atoms with E-state index in [2.05, 4.69) is 5.32 Å². The number of thioether (sulfide) groups is 1. The first-order chi connectivity index (χ1) is 14.0. The summed E-state index contributed by atoms with van der Waals surface area (Å²) in [6.45, 7) is 3.50. The third-order valence-electron chi connectivity index (χ3n) is 4.53. The minimum absolute atomic E-state index is 0.104.